The van der Waals surface area contributed by atoms with Crippen LogP contribution >= 0.6 is 0 Å². The quantitative estimate of drug-likeness (QED) is 0.899. The molecule has 23 heavy (non-hydrogen) atoms. The van der Waals surface area contributed by atoms with Gasteiger partial charge in [-0.2, -0.15) is 0 Å². The van der Waals surface area contributed by atoms with E-state index >= 15 is 0 Å². The number of hydrogen-bond acceptors (Lipinski definition) is 3. The molecule has 1 atom stereocenters. The Bertz CT molecular complexity index is 686. The summed E-state index contributed by atoms with van der Waals surface area (Å²) in [7, 11) is -2.96. The Kier molecular flexibility index (Phi) is 4.62. The van der Waals surface area contributed by atoms with Gasteiger partial charge in [0.15, 0.2) is 9.84 Å². The molecule has 1 unspecified atom stereocenters. The van der Waals surface area contributed by atoms with Gasteiger partial charge in [0, 0.05) is 13.1 Å². The molecule has 0 radical (unpaired) electrons. The first-order valence-electron chi connectivity index (χ1n) is 8.32. The lowest BCUT2D eigenvalue weighted by molar-refractivity contribution is 0.199. The minimum atomic E-state index is -2.96. The van der Waals surface area contributed by atoms with E-state index in [4.69, 9.17) is 0 Å². The van der Waals surface area contributed by atoms with Gasteiger partial charge in [0.05, 0.1) is 17.5 Å². The maximum absolute atomic E-state index is 12.3. The first-order valence-corrected chi connectivity index (χ1v) is 10.1. The molecule has 1 heterocycles. The first kappa shape index (κ1) is 16.3. The maximum Gasteiger partial charge on any atom is 0.317 e. The highest BCUT2D eigenvalue weighted by atomic mass is 32.2. The van der Waals surface area contributed by atoms with Crippen LogP contribution in [-0.2, 0) is 22.7 Å². The van der Waals surface area contributed by atoms with Crippen LogP contribution in [0.2, 0.25) is 0 Å². The summed E-state index contributed by atoms with van der Waals surface area (Å²) in [5.74, 6) is 0.126. The molecule has 1 aliphatic heterocycles. The van der Waals surface area contributed by atoms with Crippen molar-refractivity contribution in [2.24, 2.45) is 0 Å². The highest BCUT2D eigenvalue weighted by Gasteiger charge is 2.26. The third-order valence-corrected chi connectivity index (χ3v) is 6.45. The molecule has 126 valence electrons. The van der Waals surface area contributed by atoms with Gasteiger partial charge in [-0.05, 0) is 49.3 Å². The fourth-order valence-electron chi connectivity index (χ4n) is 3.30. The van der Waals surface area contributed by atoms with E-state index in [9.17, 15) is 13.2 Å². The summed E-state index contributed by atoms with van der Waals surface area (Å²) in [4.78, 5) is 13.9. The van der Waals surface area contributed by atoms with Gasteiger partial charge in [-0.15, -0.1) is 0 Å². The Morgan fingerprint density at radius 3 is 2.48 bits per heavy atom. The summed E-state index contributed by atoms with van der Waals surface area (Å²) in [6.45, 7) is 2.54. The molecule has 1 saturated heterocycles. The number of rotatable bonds is 2. The lowest BCUT2D eigenvalue weighted by atomic mass is 9.89. The zero-order valence-corrected chi connectivity index (χ0v) is 14.4. The Labute approximate surface area is 138 Å². The molecule has 1 aromatic carbocycles. The molecule has 2 amide bonds. The highest BCUT2D eigenvalue weighted by Crippen LogP contribution is 2.24. The van der Waals surface area contributed by atoms with Gasteiger partial charge in [-0.25, -0.2) is 13.2 Å². The van der Waals surface area contributed by atoms with Crippen LogP contribution in [-0.4, -0.2) is 43.9 Å². The summed E-state index contributed by atoms with van der Waals surface area (Å²) in [5.41, 5.74) is 3.95. The average Bonchev–Trinajstić information content (AvgIpc) is 2.54. The lowest BCUT2D eigenvalue weighted by Gasteiger charge is -2.28. The van der Waals surface area contributed by atoms with Crippen LogP contribution in [0.1, 0.15) is 42.5 Å². The number of sulfone groups is 1. The van der Waals surface area contributed by atoms with Gasteiger partial charge in [0.1, 0.15) is 0 Å². The van der Waals surface area contributed by atoms with Crippen molar-refractivity contribution >= 4 is 15.9 Å². The topological polar surface area (TPSA) is 66.5 Å². The SMILES string of the molecule is CC(NC(=O)N1CCS(=O)(=O)CC1)c1ccc2c(c1)CCCC2. The fraction of sp³-hybridized carbons (Fsp3) is 0.588. The molecular weight excluding hydrogens is 312 g/mol. The van der Waals surface area contributed by atoms with E-state index < -0.39 is 9.84 Å². The summed E-state index contributed by atoms with van der Waals surface area (Å²) in [5, 5.41) is 2.99. The molecule has 1 aromatic rings. The van der Waals surface area contributed by atoms with Crippen molar-refractivity contribution in [1.82, 2.24) is 10.2 Å². The van der Waals surface area contributed by atoms with E-state index in [-0.39, 0.29) is 36.7 Å². The molecule has 6 heteroatoms. The van der Waals surface area contributed by atoms with Crippen LogP contribution < -0.4 is 5.32 Å². The van der Waals surface area contributed by atoms with Crippen LogP contribution in [0.25, 0.3) is 0 Å². The Hall–Kier alpha value is -1.56. The van der Waals surface area contributed by atoms with E-state index in [2.05, 4.69) is 23.5 Å². The van der Waals surface area contributed by atoms with E-state index in [1.807, 2.05) is 6.92 Å². The third kappa shape index (κ3) is 3.86. The zero-order chi connectivity index (χ0) is 16.4. The molecule has 2 aliphatic rings. The average molecular weight is 336 g/mol. The normalized spacial score (nSPS) is 21.3. The molecule has 5 nitrogen and oxygen atoms in total. The zero-order valence-electron chi connectivity index (χ0n) is 13.5. The number of amides is 2. The van der Waals surface area contributed by atoms with Gasteiger partial charge in [0.2, 0.25) is 0 Å². The predicted octanol–water partition coefficient (Wildman–Crippen LogP) is 2.07. The van der Waals surface area contributed by atoms with Crippen molar-refractivity contribution in [2.45, 2.75) is 38.6 Å². The molecule has 1 aliphatic carbocycles. The molecule has 0 saturated carbocycles. The Morgan fingerprint density at radius 1 is 1.13 bits per heavy atom. The number of carbonyl (C=O) groups excluding carboxylic acids is 1. The van der Waals surface area contributed by atoms with E-state index in [0.717, 1.165) is 18.4 Å². The van der Waals surface area contributed by atoms with E-state index in [0.29, 0.717) is 0 Å². The van der Waals surface area contributed by atoms with Crippen molar-refractivity contribution < 1.29 is 13.2 Å². The van der Waals surface area contributed by atoms with E-state index in [1.165, 1.54) is 24.0 Å². The van der Waals surface area contributed by atoms with Crippen LogP contribution in [0, 0.1) is 0 Å². The molecule has 1 N–H and O–H groups in total. The van der Waals surface area contributed by atoms with Gasteiger partial charge < -0.3 is 10.2 Å². The lowest BCUT2D eigenvalue weighted by Crippen LogP contribution is -2.48. The fourth-order valence-corrected chi connectivity index (χ4v) is 4.50. The van der Waals surface area contributed by atoms with Crippen LogP contribution in [0.3, 0.4) is 0 Å². The van der Waals surface area contributed by atoms with Crippen LogP contribution in [0.15, 0.2) is 18.2 Å². The first-order chi connectivity index (χ1) is 10.9. The molecule has 0 spiro atoms. The predicted molar refractivity (Wildman–Crippen MR) is 90.3 cm³/mol. The van der Waals surface area contributed by atoms with Gasteiger partial charge >= 0.3 is 6.03 Å². The van der Waals surface area contributed by atoms with Crippen molar-refractivity contribution in [3.05, 3.63) is 34.9 Å². The Morgan fingerprint density at radius 2 is 1.78 bits per heavy atom. The van der Waals surface area contributed by atoms with Crippen LogP contribution in [0.5, 0.6) is 0 Å². The minimum absolute atomic E-state index is 0.0631. The molecule has 0 aromatic heterocycles. The number of urea groups is 1. The monoisotopic (exact) mass is 336 g/mol. The van der Waals surface area contributed by atoms with Crippen molar-refractivity contribution in [3.63, 3.8) is 0 Å². The third-order valence-electron chi connectivity index (χ3n) is 4.84. The van der Waals surface area contributed by atoms with Crippen molar-refractivity contribution in [3.8, 4) is 0 Å². The number of carbonyl (C=O) groups is 1. The maximum atomic E-state index is 12.3. The number of nitrogens with one attached hydrogen (secondary N) is 1. The smallest absolute Gasteiger partial charge is 0.317 e. The molecule has 1 fully saturated rings. The minimum Gasteiger partial charge on any atom is -0.331 e. The number of aryl methyl sites for hydroxylation is 2. The van der Waals surface area contributed by atoms with Gasteiger partial charge in [-0.3, -0.25) is 0 Å². The Balaban J connectivity index is 1.62. The number of fused-ring (bicyclic) bond motifs is 1. The second-order valence-electron chi connectivity index (χ2n) is 6.55. The van der Waals surface area contributed by atoms with Crippen LogP contribution in [0.4, 0.5) is 4.79 Å². The van der Waals surface area contributed by atoms with E-state index in [1.54, 1.807) is 4.90 Å². The molecule has 3 rings (SSSR count). The second-order valence-corrected chi connectivity index (χ2v) is 8.85. The molecular formula is C17H24N2O3S. The standard InChI is InChI=1S/C17H24N2O3S/c1-13(15-7-6-14-4-2-3-5-16(14)12-15)18-17(20)19-8-10-23(21,22)11-9-19/h6-7,12-13H,2-5,8-11H2,1H3,(H,18,20). The van der Waals surface area contributed by atoms with Crippen molar-refractivity contribution in [1.29, 1.82) is 0 Å². The van der Waals surface area contributed by atoms with Crippen molar-refractivity contribution in [2.75, 3.05) is 24.6 Å². The second kappa shape index (κ2) is 6.51. The summed E-state index contributed by atoms with van der Waals surface area (Å²) in [6.07, 6.45) is 4.77. The number of benzene rings is 1. The van der Waals surface area contributed by atoms with Gasteiger partial charge in [0.25, 0.3) is 0 Å². The number of hydrogen-bond donors (Lipinski definition) is 1. The summed E-state index contributed by atoms with van der Waals surface area (Å²) < 4.78 is 22.9. The largest absolute Gasteiger partial charge is 0.331 e. The highest BCUT2D eigenvalue weighted by molar-refractivity contribution is 7.91. The van der Waals surface area contributed by atoms with Gasteiger partial charge in [-0.1, -0.05) is 18.2 Å². The number of nitrogens with zero attached hydrogens (tertiary/aromatic N) is 1. The molecule has 0 bridgehead atoms. The summed E-state index contributed by atoms with van der Waals surface area (Å²) in [6, 6.07) is 6.23. The summed E-state index contributed by atoms with van der Waals surface area (Å²) >= 11 is 0.